The minimum Gasteiger partial charge on any atom is -0.370 e. The first-order chi connectivity index (χ1) is 8.16. The highest BCUT2D eigenvalue weighted by atomic mass is 32.1. The monoisotopic (exact) mass is 252 g/mol. The highest BCUT2D eigenvalue weighted by molar-refractivity contribution is 7.11. The zero-order chi connectivity index (χ0) is 12.3. The number of rotatable bonds is 2. The average molecular weight is 252 g/mol. The van der Waals surface area contributed by atoms with Crippen molar-refractivity contribution in [3.8, 4) is 0 Å². The van der Waals surface area contributed by atoms with Crippen molar-refractivity contribution in [2.75, 3.05) is 13.1 Å². The zero-order valence-corrected chi connectivity index (χ0v) is 11.4. The van der Waals surface area contributed by atoms with Gasteiger partial charge < -0.3 is 10.6 Å². The van der Waals surface area contributed by atoms with Gasteiger partial charge in [-0.2, -0.15) is 0 Å². The number of aromatic nitrogens is 1. The van der Waals surface area contributed by atoms with Gasteiger partial charge in [0.15, 0.2) is 5.96 Å². The molecule has 0 spiro atoms. The van der Waals surface area contributed by atoms with E-state index in [9.17, 15) is 0 Å². The molecule has 0 aromatic carbocycles. The Balaban J connectivity index is 1.94. The Bertz CT molecular complexity index is 385. The van der Waals surface area contributed by atoms with E-state index in [1.165, 1.54) is 24.1 Å². The molecule has 1 fully saturated rings. The lowest BCUT2D eigenvalue weighted by Gasteiger charge is -2.27. The van der Waals surface area contributed by atoms with Gasteiger partial charge in [-0.05, 0) is 33.1 Å². The summed E-state index contributed by atoms with van der Waals surface area (Å²) in [5, 5.41) is 1.06. The van der Waals surface area contributed by atoms with E-state index in [-0.39, 0.29) is 0 Å². The number of aliphatic imine (C=N–C) groups is 1. The van der Waals surface area contributed by atoms with Crippen LogP contribution < -0.4 is 5.73 Å². The first-order valence-electron chi connectivity index (χ1n) is 6.14. The Morgan fingerprint density at radius 1 is 1.35 bits per heavy atom. The molecule has 5 heteroatoms. The number of piperidine rings is 1. The molecule has 0 atom stereocenters. The number of thiazole rings is 1. The normalized spacial score (nSPS) is 17.5. The second-order valence-electron chi connectivity index (χ2n) is 4.47. The lowest BCUT2D eigenvalue weighted by Crippen LogP contribution is -2.40. The van der Waals surface area contributed by atoms with E-state index in [0.717, 1.165) is 23.8 Å². The highest BCUT2D eigenvalue weighted by Crippen LogP contribution is 2.17. The van der Waals surface area contributed by atoms with Crippen molar-refractivity contribution >= 4 is 17.3 Å². The average Bonchev–Trinajstić information content (AvgIpc) is 2.67. The van der Waals surface area contributed by atoms with Crippen molar-refractivity contribution in [2.45, 2.75) is 39.7 Å². The molecule has 0 aliphatic carbocycles. The topological polar surface area (TPSA) is 54.5 Å². The molecular formula is C12H20N4S. The number of hydrogen-bond donors (Lipinski definition) is 1. The second-order valence-corrected chi connectivity index (χ2v) is 5.76. The summed E-state index contributed by atoms with van der Waals surface area (Å²) in [7, 11) is 0. The Morgan fingerprint density at radius 3 is 2.65 bits per heavy atom. The van der Waals surface area contributed by atoms with E-state index in [2.05, 4.69) is 21.8 Å². The molecule has 1 aliphatic rings. The molecule has 2 heterocycles. The van der Waals surface area contributed by atoms with Gasteiger partial charge in [0.2, 0.25) is 0 Å². The Kier molecular flexibility index (Phi) is 3.99. The smallest absolute Gasteiger partial charge is 0.191 e. The minimum absolute atomic E-state index is 0.613. The number of guanidine groups is 1. The van der Waals surface area contributed by atoms with Crippen molar-refractivity contribution < 1.29 is 0 Å². The van der Waals surface area contributed by atoms with Crippen LogP contribution in [0.3, 0.4) is 0 Å². The Labute approximate surface area is 107 Å². The van der Waals surface area contributed by atoms with E-state index in [4.69, 9.17) is 5.73 Å². The van der Waals surface area contributed by atoms with Crippen molar-refractivity contribution in [3.63, 3.8) is 0 Å². The van der Waals surface area contributed by atoms with E-state index >= 15 is 0 Å². The summed E-state index contributed by atoms with van der Waals surface area (Å²) in [4.78, 5) is 12.4. The maximum Gasteiger partial charge on any atom is 0.191 e. The van der Waals surface area contributed by atoms with Crippen LogP contribution in [0.2, 0.25) is 0 Å². The quantitative estimate of drug-likeness (QED) is 0.647. The number of likely N-dealkylation sites (tertiary alicyclic amines) is 1. The SMILES string of the molecule is Cc1nc(CN=C(N)N2CCCCC2)sc1C. The van der Waals surface area contributed by atoms with Crippen LogP contribution in [-0.2, 0) is 6.54 Å². The maximum atomic E-state index is 5.99. The summed E-state index contributed by atoms with van der Waals surface area (Å²) >= 11 is 1.71. The number of nitrogens with two attached hydrogens (primary N) is 1. The van der Waals surface area contributed by atoms with Crippen molar-refractivity contribution in [3.05, 3.63) is 15.6 Å². The Hall–Kier alpha value is -1.10. The molecule has 94 valence electrons. The van der Waals surface area contributed by atoms with Crippen LogP contribution in [0.4, 0.5) is 0 Å². The molecular weight excluding hydrogens is 232 g/mol. The van der Waals surface area contributed by atoms with Gasteiger partial charge in [-0.25, -0.2) is 9.98 Å². The molecule has 0 bridgehead atoms. The van der Waals surface area contributed by atoms with Crippen LogP contribution in [0.25, 0.3) is 0 Å². The van der Waals surface area contributed by atoms with Crippen LogP contribution >= 0.6 is 11.3 Å². The summed E-state index contributed by atoms with van der Waals surface area (Å²) in [6.45, 7) is 6.83. The third-order valence-corrected chi connectivity index (χ3v) is 4.19. The molecule has 0 amide bonds. The molecule has 1 saturated heterocycles. The first-order valence-corrected chi connectivity index (χ1v) is 6.96. The largest absolute Gasteiger partial charge is 0.370 e. The summed E-state index contributed by atoms with van der Waals surface area (Å²) < 4.78 is 0. The van der Waals surface area contributed by atoms with Crippen LogP contribution in [0.15, 0.2) is 4.99 Å². The summed E-state index contributed by atoms with van der Waals surface area (Å²) in [5.74, 6) is 0.676. The fraction of sp³-hybridized carbons (Fsp3) is 0.667. The fourth-order valence-electron chi connectivity index (χ4n) is 1.98. The van der Waals surface area contributed by atoms with E-state index in [1.54, 1.807) is 11.3 Å². The predicted octanol–water partition coefficient (Wildman–Crippen LogP) is 2.06. The summed E-state index contributed by atoms with van der Waals surface area (Å²) in [5.41, 5.74) is 7.10. The van der Waals surface area contributed by atoms with Gasteiger partial charge in [-0.15, -0.1) is 11.3 Å². The molecule has 0 radical (unpaired) electrons. The van der Waals surface area contributed by atoms with Crippen molar-refractivity contribution in [1.82, 2.24) is 9.88 Å². The fourth-order valence-corrected chi connectivity index (χ4v) is 2.84. The number of aryl methyl sites for hydroxylation is 2. The lowest BCUT2D eigenvalue weighted by molar-refractivity contribution is 0.338. The Morgan fingerprint density at radius 2 is 2.06 bits per heavy atom. The van der Waals surface area contributed by atoms with Gasteiger partial charge in [0.05, 0.1) is 12.2 Å². The van der Waals surface area contributed by atoms with Crippen LogP contribution in [0.5, 0.6) is 0 Å². The van der Waals surface area contributed by atoms with Gasteiger partial charge in [0.1, 0.15) is 5.01 Å². The first kappa shape index (κ1) is 12.4. The molecule has 1 aromatic rings. The van der Waals surface area contributed by atoms with Gasteiger partial charge in [0.25, 0.3) is 0 Å². The number of nitrogens with zero attached hydrogens (tertiary/aromatic N) is 3. The molecule has 17 heavy (non-hydrogen) atoms. The van der Waals surface area contributed by atoms with Gasteiger partial charge in [-0.1, -0.05) is 0 Å². The highest BCUT2D eigenvalue weighted by Gasteiger charge is 2.12. The van der Waals surface area contributed by atoms with E-state index < -0.39 is 0 Å². The molecule has 1 aliphatic heterocycles. The van der Waals surface area contributed by atoms with Crippen molar-refractivity contribution in [1.29, 1.82) is 0 Å². The van der Waals surface area contributed by atoms with Crippen LogP contribution in [-0.4, -0.2) is 28.9 Å². The van der Waals surface area contributed by atoms with Gasteiger partial charge >= 0.3 is 0 Å². The molecule has 1 aromatic heterocycles. The summed E-state index contributed by atoms with van der Waals surface area (Å²) in [6, 6.07) is 0. The molecule has 4 nitrogen and oxygen atoms in total. The lowest BCUT2D eigenvalue weighted by atomic mass is 10.1. The maximum absolute atomic E-state index is 5.99. The van der Waals surface area contributed by atoms with Gasteiger partial charge in [0, 0.05) is 18.0 Å². The third kappa shape index (κ3) is 3.19. The van der Waals surface area contributed by atoms with Gasteiger partial charge in [-0.3, -0.25) is 0 Å². The van der Waals surface area contributed by atoms with E-state index in [1.807, 2.05) is 6.92 Å². The predicted molar refractivity (Wildman–Crippen MR) is 72.3 cm³/mol. The second kappa shape index (κ2) is 5.49. The number of hydrogen-bond acceptors (Lipinski definition) is 3. The standard InChI is InChI=1S/C12H20N4S/c1-9-10(2)17-11(15-9)8-14-12(13)16-6-4-3-5-7-16/h3-8H2,1-2H3,(H2,13,14). The molecule has 0 unspecified atom stereocenters. The molecule has 2 N–H and O–H groups in total. The van der Waals surface area contributed by atoms with Crippen LogP contribution in [0, 0.1) is 13.8 Å². The van der Waals surface area contributed by atoms with Crippen molar-refractivity contribution in [2.24, 2.45) is 10.7 Å². The summed E-state index contributed by atoms with van der Waals surface area (Å²) in [6.07, 6.45) is 3.77. The third-order valence-electron chi connectivity index (χ3n) is 3.13. The zero-order valence-electron chi connectivity index (χ0n) is 10.6. The molecule has 2 rings (SSSR count). The minimum atomic E-state index is 0.613. The van der Waals surface area contributed by atoms with Crippen LogP contribution in [0.1, 0.15) is 34.8 Å². The molecule has 0 saturated carbocycles. The van der Waals surface area contributed by atoms with E-state index in [0.29, 0.717) is 12.5 Å².